The zero-order valence-electron chi connectivity index (χ0n) is 11.9. The summed E-state index contributed by atoms with van der Waals surface area (Å²) >= 11 is 0. The molecule has 0 fully saturated rings. The third-order valence-electron chi connectivity index (χ3n) is 3.13. The van der Waals surface area contributed by atoms with Crippen molar-refractivity contribution in [3.8, 4) is 0 Å². The number of esters is 1. The SMILES string of the molecule is CCOC(=O)C(CC(C)O)(C(=O)O)c1ccc(C)cc1. The number of carboxylic acid groups (broad SMARTS) is 1. The molecule has 20 heavy (non-hydrogen) atoms. The molecule has 2 unspecified atom stereocenters. The number of carbonyl (C=O) groups excluding carboxylic acids is 1. The van der Waals surface area contributed by atoms with Crippen molar-refractivity contribution in [1.82, 2.24) is 0 Å². The van der Waals surface area contributed by atoms with E-state index in [9.17, 15) is 19.8 Å². The Balaban J connectivity index is 3.39. The number of aliphatic hydroxyl groups is 1. The van der Waals surface area contributed by atoms with E-state index in [4.69, 9.17) is 4.74 Å². The highest BCUT2D eigenvalue weighted by molar-refractivity contribution is 6.05. The third kappa shape index (κ3) is 3.17. The molecule has 0 radical (unpaired) electrons. The van der Waals surface area contributed by atoms with E-state index in [1.807, 2.05) is 6.92 Å². The fourth-order valence-electron chi connectivity index (χ4n) is 2.15. The van der Waals surface area contributed by atoms with E-state index in [2.05, 4.69) is 0 Å². The van der Waals surface area contributed by atoms with Crippen LogP contribution in [-0.2, 0) is 19.7 Å². The maximum Gasteiger partial charge on any atom is 0.328 e. The van der Waals surface area contributed by atoms with Crippen LogP contribution in [0.5, 0.6) is 0 Å². The molecular formula is C15H20O5. The Morgan fingerprint density at radius 1 is 1.30 bits per heavy atom. The Morgan fingerprint density at radius 3 is 2.25 bits per heavy atom. The first-order valence-corrected chi connectivity index (χ1v) is 6.50. The number of ether oxygens (including phenoxy) is 1. The summed E-state index contributed by atoms with van der Waals surface area (Å²) in [7, 11) is 0. The van der Waals surface area contributed by atoms with Crippen molar-refractivity contribution in [2.75, 3.05) is 6.61 Å². The summed E-state index contributed by atoms with van der Waals surface area (Å²) in [6, 6.07) is 6.63. The van der Waals surface area contributed by atoms with Crippen LogP contribution in [0, 0.1) is 6.92 Å². The van der Waals surface area contributed by atoms with E-state index in [0.29, 0.717) is 5.56 Å². The maximum atomic E-state index is 12.2. The third-order valence-corrected chi connectivity index (χ3v) is 3.13. The lowest BCUT2D eigenvalue weighted by molar-refractivity contribution is -0.163. The second kappa shape index (κ2) is 6.52. The molecule has 2 N–H and O–H groups in total. The average Bonchev–Trinajstić information content (AvgIpc) is 2.36. The first-order chi connectivity index (χ1) is 9.34. The second-order valence-electron chi connectivity index (χ2n) is 4.85. The quantitative estimate of drug-likeness (QED) is 0.611. The molecule has 0 amide bonds. The molecule has 1 aromatic rings. The molecule has 0 aliphatic rings. The number of aliphatic hydroxyl groups excluding tert-OH is 1. The standard InChI is InChI=1S/C15H20O5/c1-4-20-14(19)15(13(17)18,9-11(3)16)12-7-5-10(2)6-8-12/h5-8,11,16H,4,9H2,1-3H3,(H,17,18). The van der Waals surface area contributed by atoms with Crippen LogP contribution in [0.25, 0.3) is 0 Å². The summed E-state index contributed by atoms with van der Waals surface area (Å²) in [4.78, 5) is 24.0. The van der Waals surface area contributed by atoms with Crippen molar-refractivity contribution in [1.29, 1.82) is 0 Å². The van der Waals surface area contributed by atoms with Crippen LogP contribution in [0.2, 0.25) is 0 Å². The minimum atomic E-state index is -1.88. The summed E-state index contributed by atoms with van der Waals surface area (Å²) in [5, 5.41) is 19.2. The average molecular weight is 280 g/mol. The predicted octanol–water partition coefficient (Wildman–Crippen LogP) is 1.65. The minimum Gasteiger partial charge on any atom is -0.480 e. The molecular weight excluding hydrogens is 260 g/mol. The van der Waals surface area contributed by atoms with Gasteiger partial charge in [-0.1, -0.05) is 29.8 Å². The number of aryl methyl sites for hydroxylation is 1. The molecule has 0 aliphatic carbocycles. The molecule has 1 aromatic carbocycles. The summed E-state index contributed by atoms with van der Waals surface area (Å²) in [5.41, 5.74) is -0.610. The zero-order valence-corrected chi connectivity index (χ0v) is 11.9. The zero-order chi connectivity index (χ0) is 15.3. The number of hydrogen-bond donors (Lipinski definition) is 2. The molecule has 0 saturated carbocycles. The fraction of sp³-hybridized carbons (Fsp3) is 0.467. The van der Waals surface area contributed by atoms with Crippen molar-refractivity contribution in [3.05, 3.63) is 35.4 Å². The van der Waals surface area contributed by atoms with Crippen molar-refractivity contribution < 1.29 is 24.5 Å². The number of hydrogen-bond acceptors (Lipinski definition) is 4. The first-order valence-electron chi connectivity index (χ1n) is 6.50. The van der Waals surface area contributed by atoms with Gasteiger partial charge in [0.15, 0.2) is 5.41 Å². The van der Waals surface area contributed by atoms with Crippen LogP contribution < -0.4 is 0 Å². The highest BCUT2D eigenvalue weighted by atomic mass is 16.5. The van der Waals surface area contributed by atoms with Gasteiger partial charge in [0.25, 0.3) is 0 Å². The maximum absolute atomic E-state index is 12.2. The van der Waals surface area contributed by atoms with Gasteiger partial charge in [-0.3, -0.25) is 9.59 Å². The summed E-state index contributed by atoms with van der Waals surface area (Å²) < 4.78 is 4.92. The van der Waals surface area contributed by atoms with E-state index in [1.54, 1.807) is 31.2 Å². The van der Waals surface area contributed by atoms with Gasteiger partial charge in [0.2, 0.25) is 0 Å². The van der Waals surface area contributed by atoms with Crippen molar-refractivity contribution in [3.63, 3.8) is 0 Å². The molecule has 0 aliphatic heterocycles. The predicted molar refractivity (Wildman–Crippen MR) is 73.4 cm³/mol. The van der Waals surface area contributed by atoms with E-state index < -0.39 is 23.5 Å². The smallest absolute Gasteiger partial charge is 0.328 e. The Hall–Kier alpha value is -1.88. The number of carbonyl (C=O) groups is 2. The second-order valence-corrected chi connectivity index (χ2v) is 4.85. The first kappa shape index (κ1) is 16.2. The lowest BCUT2D eigenvalue weighted by Crippen LogP contribution is -2.47. The highest BCUT2D eigenvalue weighted by Gasteiger charge is 2.50. The largest absolute Gasteiger partial charge is 0.480 e. The van der Waals surface area contributed by atoms with Crippen LogP contribution in [0.4, 0.5) is 0 Å². The van der Waals surface area contributed by atoms with E-state index in [0.717, 1.165) is 5.56 Å². The number of carboxylic acids is 1. The molecule has 1 rings (SSSR count). The van der Waals surface area contributed by atoms with Crippen molar-refractivity contribution >= 4 is 11.9 Å². The Labute approximate surface area is 118 Å². The van der Waals surface area contributed by atoms with Crippen molar-refractivity contribution in [2.45, 2.75) is 38.7 Å². The highest BCUT2D eigenvalue weighted by Crippen LogP contribution is 2.32. The summed E-state index contributed by atoms with van der Waals surface area (Å²) in [6.07, 6.45) is -1.18. The Kier molecular flexibility index (Phi) is 5.27. The number of aliphatic carboxylic acids is 1. The van der Waals surface area contributed by atoms with E-state index in [1.165, 1.54) is 6.92 Å². The van der Waals surface area contributed by atoms with Gasteiger partial charge in [0, 0.05) is 6.42 Å². The monoisotopic (exact) mass is 280 g/mol. The van der Waals surface area contributed by atoms with Crippen LogP contribution in [-0.4, -0.2) is 34.9 Å². The molecule has 2 atom stereocenters. The molecule has 0 spiro atoms. The van der Waals surface area contributed by atoms with Gasteiger partial charge in [0.1, 0.15) is 0 Å². The lowest BCUT2D eigenvalue weighted by atomic mass is 9.76. The van der Waals surface area contributed by atoms with Crippen molar-refractivity contribution in [2.24, 2.45) is 0 Å². The lowest BCUT2D eigenvalue weighted by Gasteiger charge is -2.28. The fourth-order valence-corrected chi connectivity index (χ4v) is 2.15. The molecule has 0 bridgehead atoms. The molecule has 0 aromatic heterocycles. The number of benzene rings is 1. The minimum absolute atomic E-state index is 0.0829. The van der Waals surface area contributed by atoms with Gasteiger partial charge in [-0.15, -0.1) is 0 Å². The molecule has 0 saturated heterocycles. The van der Waals surface area contributed by atoms with Gasteiger partial charge in [0.05, 0.1) is 12.7 Å². The summed E-state index contributed by atoms with van der Waals surface area (Å²) in [6.45, 7) is 5.01. The van der Waals surface area contributed by atoms with Crippen LogP contribution in [0.3, 0.4) is 0 Å². The molecule has 5 nitrogen and oxygen atoms in total. The van der Waals surface area contributed by atoms with Crippen LogP contribution in [0.15, 0.2) is 24.3 Å². The van der Waals surface area contributed by atoms with Gasteiger partial charge in [-0.2, -0.15) is 0 Å². The molecule has 0 heterocycles. The topological polar surface area (TPSA) is 83.8 Å². The van der Waals surface area contributed by atoms with Crippen LogP contribution >= 0.6 is 0 Å². The van der Waals surface area contributed by atoms with Gasteiger partial charge >= 0.3 is 11.9 Å². The van der Waals surface area contributed by atoms with Crippen LogP contribution in [0.1, 0.15) is 31.4 Å². The molecule has 110 valence electrons. The Bertz CT molecular complexity index is 478. The van der Waals surface area contributed by atoms with Gasteiger partial charge < -0.3 is 14.9 Å². The number of rotatable bonds is 6. The normalized spacial score (nSPS) is 15.2. The Morgan fingerprint density at radius 2 is 1.85 bits per heavy atom. The molecule has 5 heteroatoms. The van der Waals surface area contributed by atoms with E-state index >= 15 is 0 Å². The summed E-state index contributed by atoms with van der Waals surface area (Å²) in [5.74, 6) is -2.17. The van der Waals surface area contributed by atoms with E-state index in [-0.39, 0.29) is 13.0 Å². The van der Waals surface area contributed by atoms with Gasteiger partial charge in [-0.05, 0) is 26.3 Å². The van der Waals surface area contributed by atoms with Gasteiger partial charge in [-0.25, -0.2) is 0 Å².